The Morgan fingerprint density at radius 1 is 1.28 bits per heavy atom. The summed E-state index contributed by atoms with van der Waals surface area (Å²) < 4.78 is 5.66. The summed E-state index contributed by atoms with van der Waals surface area (Å²) in [5, 5.41) is 3.39. The van der Waals surface area contributed by atoms with Crippen molar-refractivity contribution >= 4 is 5.82 Å². The van der Waals surface area contributed by atoms with Gasteiger partial charge in [-0.1, -0.05) is 17.7 Å². The molecule has 1 aromatic carbocycles. The molecule has 2 aromatic rings. The lowest BCUT2D eigenvalue weighted by Gasteiger charge is -2.12. The normalized spacial score (nSPS) is 17.1. The van der Waals surface area contributed by atoms with Gasteiger partial charge in [-0.3, -0.25) is 0 Å². The molecule has 18 heavy (non-hydrogen) atoms. The highest BCUT2D eigenvalue weighted by atomic mass is 16.5. The fourth-order valence-electron chi connectivity index (χ4n) is 2.17. The van der Waals surface area contributed by atoms with Gasteiger partial charge in [-0.05, 0) is 26.0 Å². The van der Waals surface area contributed by atoms with Crippen molar-refractivity contribution in [2.45, 2.75) is 19.9 Å². The quantitative estimate of drug-likeness (QED) is 0.878. The topological polar surface area (TPSA) is 47.0 Å². The lowest BCUT2D eigenvalue weighted by atomic mass is 10.1. The van der Waals surface area contributed by atoms with Crippen molar-refractivity contribution in [1.82, 2.24) is 9.97 Å². The number of benzene rings is 1. The second-order valence-corrected chi connectivity index (χ2v) is 4.54. The van der Waals surface area contributed by atoms with Crippen LogP contribution in [0.2, 0.25) is 0 Å². The molecule has 0 aliphatic carbocycles. The van der Waals surface area contributed by atoms with Gasteiger partial charge in [0.15, 0.2) is 0 Å². The molecule has 92 valence electrons. The number of nitrogens with one attached hydrogen (secondary N) is 1. The first kappa shape index (κ1) is 11.0. The van der Waals surface area contributed by atoms with Crippen LogP contribution in [0.25, 0.3) is 0 Å². The number of hydrogen-bond acceptors (Lipinski definition) is 4. The second-order valence-electron chi connectivity index (χ2n) is 4.54. The summed E-state index contributed by atoms with van der Waals surface area (Å²) in [5.41, 5.74) is 2.44. The molecule has 1 aliphatic rings. The highest BCUT2D eigenvalue weighted by Gasteiger charge is 2.24. The van der Waals surface area contributed by atoms with E-state index in [-0.39, 0.29) is 6.04 Å². The van der Waals surface area contributed by atoms with Gasteiger partial charge >= 0.3 is 0 Å². The Labute approximate surface area is 106 Å². The van der Waals surface area contributed by atoms with Gasteiger partial charge in [0.25, 0.3) is 0 Å². The number of hydrogen-bond donors (Lipinski definition) is 1. The summed E-state index contributed by atoms with van der Waals surface area (Å²) in [6.07, 6.45) is 1.76. The second kappa shape index (κ2) is 4.29. The van der Waals surface area contributed by atoms with Crippen LogP contribution in [0.4, 0.5) is 5.82 Å². The zero-order valence-corrected chi connectivity index (χ0v) is 10.5. The third-order valence-corrected chi connectivity index (χ3v) is 3.04. The molecule has 0 fully saturated rings. The number of aromatic nitrogens is 2. The Kier molecular flexibility index (Phi) is 2.63. The number of nitrogens with zero attached hydrogens (tertiary/aromatic N) is 2. The summed E-state index contributed by atoms with van der Waals surface area (Å²) in [6.45, 7) is 4.61. The van der Waals surface area contributed by atoms with Crippen molar-refractivity contribution in [3.05, 3.63) is 47.4 Å². The maximum absolute atomic E-state index is 5.66. The third kappa shape index (κ3) is 2.01. The molecule has 0 radical (unpaired) electrons. The predicted octanol–water partition coefficient (Wildman–Crippen LogP) is 2.64. The van der Waals surface area contributed by atoms with E-state index < -0.39 is 0 Å². The number of rotatable bonds is 2. The summed E-state index contributed by atoms with van der Waals surface area (Å²) >= 11 is 0. The molecule has 1 unspecified atom stereocenters. The Morgan fingerprint density at radius 3 is 3.00 bits per heavy atom. The van der Waals surface area contributed by atoms with E-state index in [4.69, 9.17) is 4.74 Å². The van der Waals surface area contributed by atoms with Crippen LogP contribution in [0.15, 0.2) is 30.5 Å². The molecule has 4 nitrogen and oxygen atoms in total. The molecular weight excluding hydrogens is 226 g/mol. The molecule has 3 rings (SSSR count). The van der Waals surface area contributed by atoms with Gasteiger partial charge in [-0.15, -0.1) is 0 Å². The summed E-state index contributed by atoms with van der Waals surface area (Å²) in [5.74, 6) is 2.57. The Morgan fingerprint density at radius 2 is 2.17 bits per heavy atom. The first-order chi connectivity index (χ1) is 8.72. The maximum atomic E-state index is 5.66. The van der Waals surface area contributed by atoms with E-state index in [1.54, 1.807) is 6.20 Å². The zero-order valence-electron chi connectivity index (χ0n) is 10.5. The summed E-state index contributed by atoms with van der Waals surface area (Å²) in [4.78, 5) is 8.44. The number of anilines is 1. The van der Waals surface area contributed by atoms with E-state index in [1.807, 2.05) is 19.1 Å². The molecule has 4 heteroatoms. The van der Waals surface area contributed by atoms with Crippen molar-refractivity contribution in [2.75, 3.05) is 11.9 Å². The Hall–Kier alpha value is -2.10. The van der Waals surface area contributed by atoms with Crippen LogP contribution in [-0.2, 0) is 0 Å². The average Bonchev–Trinajstić information content (AvgIpc) is 2.72. The largest absolute Gasteiger partial charge is 0.491 e. The van der Waals surface area contributed by atoms with Gasteiger partial charge in [0.05, 0.1) is 6.04 Å². The molecule has 0 spiro atoms. The third-order valence-electron chi connectivity index (χ3n) is 3.04. The van der Waals surface area contributed by atoms with Crippen LogP contribution in [-0.4, -0.2) is 16.6 Å². The van der Waals surface area contributed by atoms with Crippen molar-refractivity contribution in [3.63, 3.8) is 0 Å². The van der Waals surface area contributed by atoms with Gasteiger partial charge in [-0.25, -0.2) is 9.97 Å². The molecule has 1 N–H and O–H groups in total. The first-order valence-electron chi connectivity index (χ1n) is 6.02. The number of fused-ring (bicyclic) bond motifs is 1. The lowest BCUT2D eigenvalue weighted by Crippen LogP contribution is -2.13. The van der Waals surface area contributed by atoms with E-state index in [9.17, 15) is 0 Å². The van der Waals surface area contributed by atoms with Gasteiger partial charge in [0.1, 0.15) is 24.0 Å². The van der Waals surface area contributed by atoms with Gasteiger partial charge in [0, 0.05) is 11.8 Å². The van der Waals surface area contributed by atoms with E-state index in [0.717, 1.165) is 17.4 Å². The fraction of sp³-hybridized carbons (Fsp3) is 0.286. The minimum atomic E-state index is 0.161. The molecule has 0 saturated carbocycles. The maximum Gasteiger partial charge on any atom is 0.130 e. The van der Waals surface area contributed by atoms with Crippen molar-refractivity contribution in [1.29, 1.82) is 0 Å². The zero-order chi connectivity index (χ0) is 12.5. The highest BCUT2D eigenvalue weighted by molar-refractivity contribution is 5.47. The van der Waals surface area contributed by atoms with E-state index in [2.05, 4.69) is 34.3 Å². The molecule has 2 heterocycles. The van der Waals surface area contributed by atoms with E-state index in [0.29, 0.717) is 6.61 Å². The first-order valence-corrected chi connectivity index (χ1v) is 6.02. The monoisotopic (exact) mass is 241 g/mol. The van der Waals surface area contributed by atoms with E-state index >= 15 is 0 Å². The van der Waals surface area contributed by atoms with Gasteiger partial charge in [0.2, 0.25) is 0 Å². The van der Waals surface area contributed by atoms with Gasteiger partial charge < -0.3 is 10.1 Å². The van der Waals surface area contributed by atoms with Crippen molar-refractivity contribution in [3.8, 4) is 5.75 Å². The fourth-order valence-corrected chi connectivity index (χ4v) is 2.17. The van der Waals surface area contributed by atoms with Crippen LogP contribution in [0.1, 0.15) is 23.0 Å². The van der Waals surface area contributed by atoms with Crippen LogP contribution in [0, 0.1) is 13.8 Å². The highest BCUT2D eigenvalue weighted by Crippen LogP contribution is 2.34. The predicted molar refractivity (Wildman–Crippen MR) is 69.8 cm³/mol. The Bertz CT molecular complexity index is 583. The molecule has 1 aliphatic heterocycles. The summed E-state index contributed by atoms with van der Waals surface area (Å²) in [6, 6.07) is 8.29. The molecule has 1 atom stereocenters. The smallest absolute Gasteiger partial charge is 0.130 e. The van der Waals surface area contributed by atoms with Crippen LogP contribution in [0.5, 0.6) is 5.75 Å². The van der Waals surface area contributed by atoms with Gasteiger partial charge in [-0.2, -0.15) is 0 Å². The molecule has 1 aromatic heterocycles. The standard InChI is InChI=1S/C14H15N3O/c1-9-3-4-13-11(7-9)12(8-18-13)17-14-5-6-15-10(2)16-14/h3-7,12H,8H2,1-2H3,(H,15,16,17). The molecule has 0 amide bonds. The molecular formula is C14H15N3O. The molecule has 0 saturated heterocycles. The average molecular weight is 241 g/mol. The van der Waals surface area contributed by atoms with Crippen LogP contribution >= 0.6 is 0 Å². The SMILES string of the molecule is Cc1ccc2c(c1)C(Nc1ccnc(C)n1)CO2. The lowest BCUT2D eigenvalue weighted by molar-refractivity contribution is 0.339. The minimum Gasteiger partial charge on any atom is -0.491 e. The van der Waals surface area contributed by atoms with Crippen LogP contribution in [0.3, 0.4) is 0 Å². The number of ether oxygens (including phenoxy) is 1. The Balaban J connectivity index is 1.86. The van der Waals surface area contributed by atoms with Crippen LogP contribution < -0.4 is 10.1 Å². The van der Waals surface area contributed by atoms with E-state index in [1.165, 1.54) is 11.1 Å². The molecule has 0 bridgehead atoms. The minimum absolute atomic E-state index is 0.161. The summed E-state index contributed by atoms with van der Waals surface area (Å²) in [7, 11) is 0. The van der Waals surface area contributed by atoms with Crippen molar-refractivity contribution < 1.29 is 4.74 Å². The number of aryl methyl sites for hydroxylation is 2. The van der Waals surface area contributed by atoms with Crippen molar-refractivity contribution in [2.24, 2.45) is 0 Å².